The van der Waals surface area contributed by atoms with Gasteiger partial charge in [-0.25, -0.2) is 0 Å². The Morgan fingerprint density at radius 2 is 1.86 bits per heavy atom. The molecule has 22 heavy (non-hydrogen) atoms. The van der Waals surface area contributed by atoms with Crippen molar-refractivity contribution in [2.75, 3.05) is 0 Å². The number of hydrogen-bond acceptors (Lipinski definition) is 1. The zero-order chi connectivity index (χ0) is 14.8. The summed E-state index contributed by atoms with van der Waals surface area (Å²) < 4.78 is 0. The molecule has 2 N–H and O–H groups in total. The summed E-state index contributed by atoms with van der Waals surface area (Å²) in [5.74, 6) is 1.67. The fourth-order valence-electron chi connectivity index (χ4n) is 8.16. The van der Waals surface area contributed by atoms with E-state index in [4.69, 9.17) is 5.73 Å². The summed E-state index contributed by atoms with van der Waals surface area (Å²) >= 11 is 0. The fraction of sp³-hybridized carbons (Fsp3) is 0.650. The lowest BCUT2D eigenvalue weighted by molar-refractivity contribution is -0.129. The molecule has 2 spiro atoms. The lowest BCUT2D eigenvalue weighted by atomic mass is 9.43. The van der Waals surface area contributed by atoms with Crippen LogP contribution in [0.4, 0.5) is 0 Å². The molecule has 1 aromatic carbocycles. The molecule has 0 aliphatic heterocycles. The van der Waals surface area contributed by atoms with Crippen molar-refractivity contribution in [2.24, 2.45) is 33.8 Å². The fourth-order valence-corrected chi connectivity index (χ4v) is 8.16. The highest BCUT2D eigenvalue weighted by Crippen LogP contribution is 2.91. The maximum absolute atomic E-state index is 12.4. The van der Waals surface area contributed by atoms with Crippen LogP contribution in [0, 0.1) is 28.1 Å². The average Bonchev–Trinajstić information content (AvgIpc) is 3.27. The van der Waals surface area contributed by atoms with E-state index < -0.39 is 0 Å². The molecule has 5 aliphatic carbocycles. The molecule has 0 aromatic heterocycles. The summed E-state index contributed by atoms with van der Waals surface area (Å²) in [5, 5.41) is 0. The molecular weight excluding hydrogens is 270 g/mol. The van der Waals surface area contributed by atoms with Crippen LogP contribution >= 0.6 is 0 Å². The number of hydrogen-bond donors (Lipinski definition) is 1. The van der Waals surface area contributed by atoms with Crippen LogP contribution in [-0.4, -0.2) is 5.91 Å². The molecular formula is C20H25NO. The van der Waals surface area contributed by atoms with E-state index in [1.165, 1.54) is 31.2 Å². The molecule has 2 nitrogen and oxygen atoms in total. The van der Waals surface area contributed by atoms with Crippen molar-refractivity contribution in [3.05, 3.63) is 35.9 Å². The van der Waals surface area contributed by atoms with Crippen molar-refractivity contribution in [1.82, 2.24) is 0 Å². The van der Waals surface area contributed by atoms with Crippen LogP contribution < -0.4 is 5.73 Å². The van der Waals surface area contributed by atoms with Crippen molar-refractivity contribution >= 4 is 5.91 Å². The van der Waals surface area contributed by atoms with E-state index in [1.54, 1.807) is 0 Å². The number of benzene rings is 1. The zero-order valence-corrected chi connectivity index (χ0v) is 13.0. The van der Waals surface area contributed by atoms with Gasteiger partial charge in [0.1, 0.15) is 0 Å². The van der Waals surface area contributed by atoms with Crippen LogP contribution in [0.5, 0.6) is 0 Å². The SMILES string of the molecule is NC(=O)C12CC3CC4(C1)C(CC4(c1ccccc1)C2)C31CC1.[HH]. The van der Waals surface area contributed by atoms with Gasteiger partial charge >= 0.3 is 0 Å². The number of carbonyl (C=O) groups is 1. The van der Waals surface area contributed by atoms with Gasteiger partial charge in [-0.2, -0.15) is 0 Å². The highest BCUT2D eigenvalue weighted by atomic mass is 16.1. The van der Waals surface area contributed by atoms with E-state index in [1.807, 2.05) is 0 Å². The molecule has 116 valence electrons. The first-order valence-corrected chi connectivity index (χ1v) is 8.93. The van der Waals surface area contributed by atoms with E-state index >= 15 is 0 Å². The number of nitrogens with two attached hydrogens (primary N) is 1. The molecule has 0 radical (unpaired) electrons. The van der Waals surface area contributed by atoms with E-state index in [-0.39, 0.29) is 18.2 Å². The molecule has 0 heterocycles. The zero-order valence-electron chi connectivity index (χ0n) is 13.0. The Balaban J connectivity index is 0.00000121. The van der Waals surface area contributed by atoms with Crippen LogP contribution in [0.2, 0.25) is 0 Å². The van der Waals surface area contributed by atoms with Crippen molar-refractivity contribution in [3.63, 3.8) is 0 Å². The highest BCUT2D eigenvalue weighted by Gasteiger charge is 2.86. The Bertz CT molecular complexity index is 714. The number of rotatable bonds is 2. The van der Waals surface area contributed by atoms with Crippen molar-refractivity contribution in [3.8, 4) is 0 Å². The predicted octanol–water partition coefficient (Wildman–Crippen LogP) is 3.65. The number of primary amides is 1. The summed E-state index contributed by atoms with van der Waals surface area (Å²) in [6.45, 7) is 0. The first-order chi connectivity index (χ1) is 10.6. The smallest absolute Gasteiger partial charge is 0.223 e. The summed E-state index contributed by atoms with van der Waals surface area (Å²) in [6, 6.07) is 11.1. The second-order valence-corrected chi connectivity index (χ2v) is 9.20. The first kappa shape index (κ1) is 12.2. The Labute approximate surface area is 132 Å². The van der Waals surface area contributed by atoms with Crippen molar-refractivity contribution in [2.45, 2.75) is 50.4 Å². The van der Waals surface area contributed by atoms with Gasteiger partial charge in [0.2, 0.25) is 5.91 Å². The maximum atomic E-state index is 12.4. The molecule has 5 atom stereocenters. The minimum Gasteiger partial charge on any atom is -0.369 e. The third-order valence-corrected chi connectivity index (χ3v) is 8.90. The monoisotopic (exact) mass is 295 g/mol. The summed E-state index contributed by atoms with van der Waals surface area (Å²) in [4.78, 5) is 12.4. The second kappa shape index (κ2) is 3.16. The Kier molecular flexibility index (Phi) is 1.74. The van der Waals surface area contributed by atoms with E-state index in [0.29, 0.717) is 10.8 Å². The summed E-state index contributed by atoms with van der Waals surface area (Å²) in [5.41, 5.74) is 8.56. The lowest BCUT2D eigenvalue weighted by Crippen LogP contribution is -2.57. The Morgan fingerprint density at radius 3 is 2.55 bits per heavy atom. The van der Waals surface area contributed by atoms with Gasteiger partial charge in [0.25, 0.3) is 0 Å². The van der Waals surface area contributed by atoms with Gasteiger partial charge in [0.05, 0.1) is 5.41 Å². The standard InChI is InChI=1S/C20H23NO.H2/c21-16(22)17-8-14-9-20(12-17)15(18(14)6-7-18)10-19(20,11-17)13-4-2-1-3-5-13;/h1-5,14-15H,6-12H2,(H2,21,22);1H. The summed E-state index contributed by atoms with van der Waals surface area (Å²) in [6.07, 6.45) is 8.75. The number of carbonyl (C=O) groups excluding carboxylic acids is 1. The second-order valence-electron chi connectivity index (χ2n) is 9.20. The van der Waals surface area contributed by atoms with Gasteiger partial charge in [-0.05, 0) is 73.2 Å². The normalized spacial score (nSPS) is 51.6. The van der Waals surface area contributed by atoms with Crippen LogP contribution in [-0.2, 0) is 10.2 Å². The quantitative estimate of drug-likeness (QED) is 0.889. The van der Waals surface area contributed by atoms with E-state index in [2.05, 4.69) is 30.3 Å². The highest BCUT2D eigenvalue weighted by molar-refractivity contribution is 5.83. The molecule has 5 aliphatic rings. The van der Waals surface area contributed by atoms with Crippen LogP contribution in [0.15, 0.2) is 30.3 Å². The number of fused-ring (bicyclic) bond motifs is 4. The lowest BCUT2D eigenvalue weighted by Gasteiger charge is -2.61. The minimum absolute atomic E-state index is 0. The van der Waals surface area contributed by atoms with Gasteiger partial charge in [0.15, 0.2) is 0 Å². The first-order valence-electron chi connectivity index (χ1n) is 8.93. The van der Waals surface area contributed by atoms with Crippen LogP contribution in [0.1, 0.15) is 51.9 Å². The van der Waals surface area contributed by atoms with Gasteiger partial charge in [-0.15, -0.1) is 0 Å². The van der Waals surface area contributed by atoms with Crippen LogP contribution in [0.3, 0.4) is 0 Å². The van der Waals surface area contributed by atoms with Crippen molar-refractivity contribution < 1.29 is 6.22 Å². The topological polar surface area (TPSA) is 43.1 Å². The number of amides is 1. The Morgan fingerprint density at radius 1 is 1.09 bits per heavy atom. The van der Waals surface area contributed by atoms with Gasteiger partial charge in [-0.3, -0.25) is 4.79 Å². The van der Waals surface area contributed by atoms with Crippen LogP contribution in [0.25, 0.3) is 0 Å². The molecule has 1 amide bonds. The minimum atomic E-state index is -0.195. The largest absolute Gasteiger partial charge is 0.369 e. The molecule has 5 unspecified atom stereocenters. The molecule has 5 fully saturated rings. The van der Waals surface area contributed by atoms with Gasteiger partial charge < -0.3 is 5.73 Å². The van der Waals surface area contributed by atoms with E-state index in [9.17, 15) is 4.79 Å². The van der Waals surface area contributed by atoms with E-state index in [0.717, 1.165) is 31.1 Å². The molecule has 0 saturated heterocycles. The van der Waals surface area contributed by atoms with Crippen molar-refractivity contribution in [1.29, 1.82) is 0 Å². The average molecular weight is 295 g/mol. The van der Waals surface area contributed by atoms with Gasteiger partial charge in [0, 0.05) is 6.84 Å². The third-order valence-electron chi connectivity index (χ3n) is 8.90. The maximum Gasteiger partial charge on any atom is 0.223 e. The van der Waals surface area contributed by atoms with Gasteiger partial charge in [-0.1, -0.05) is 30.3 Å². The molecule has 1 aromatic rings. The molecule has 5 saturated carbocycles. The summed E-state index contributed by atoms with van der Waals surface area (Å²) in [7, 11) is 0. The predicted molar refractivity (Wildman–Crippen MR) is 86.0 cm³/mol. The Hall–Kier alpha value is -1.31. The third kappa shape index (κ3) is 0.969. The molecule has 3 bridgehead atoms. The molecule has 6 rings (SSSR count). The molecule has 2 heteroatoms.